The van der Waals surface area contributed by atoms with Gasteiger partial charge in [0.2, 0.25) is 0 Å². The van der Waals surface area contributed by atoms with E-state index in [4.69, 9.17) is 9.84 Å². The molecule has 2 rings (SSSR count). The van der Waals surface area contributed by atoms with Crippen LogP contribution in [-0.4, -0.2) is 34.8 Å². The van der Waals surface area contributed by atoms with Gasteiger partial charge >= 0.3 is 5.97 Å². The lowest BCUT2D eigenvalue weighted by atomic mass is 9.85. The van der Waals surface area contributed by atoms with Gasteiger partial charge in [0.05, 0.1) is 5.92 Å². The van der Waals surface area contributed by atoms with Crippen molar-refractivity contribution >= 4 is 17.7 Å². The van der Waals surface area contributed by atoms with Crippen LogP contribution in [0.3, 0.4) is 0 Å². The zero-order valence-corrected chi connectivity index (χ0v) is 8.96. The molecule has 1 heterocycles. The first-order valence-electron chi connectivity index (χ1n) is 5.23. The zero-order valence-electron chi connectivity index (χ0n) is 8.15. The first-order chi connectivity index (χ1) is 6.77. The molecule has 1 saturated heterocycles. The van der Waals surface area contributed by atoms with Gasteiger partial charge in [-0.1, -0.05) is 0 Å². The number of carbonyl (C=O) groups is 1. The molecule has 0 spiro atoms. The van der Waals surface area contributed by atoms with Crippen LogP contribution >= 0.6 is 11.8 Å². The molecule has 4 heteroatoms. The van der Waals surface area contributed by atoms with Crippen molar-refractivity contribution in [2.45, 2.75) is 36.2 Å². The number of thioether (sulfide) groups is 1. The van der Waals surface area contributed by atoms with Gasteiger partial charge < -0.3 is 9.84 Å². The second-order valence-corrected chi connectivity index (χ2v) is 5.55. The lowest BCUT2D eigenvalue weighted by molar-refractivity contribution is -0.144. The Labute approximate surface area is 88.2 Å². The Morgan fingerprint density at radius 1 is 1.21 bits per heavy atom. The summed E-state index contributed by atoms with van der Waals surface area (Å²) in [5.74, 6) is -0.691. The van der Waals surface area contributed by atoms with Gasteiger partial charge in [-0.2, -0.15) is 11.8 Å². The van der Waals surface area contributed by atoms with Crippen LogP contribution in [0.15, 0.2) is 0 Å². The van der Waals surface area contributed by atoms with E-state index in [1.54, 1.807) is 0 Å². The SMILES string of the molecule is O=C(O)C1CCC1SC1CCOCC1. The van der Waals surface area contributed by atoms with Crippen LogP contribution in [-0.2, 0) is 9.53 Å². The smallest absolute Gasteiger partial charge is 0.307 e. The summed E-state index contributed by atoms with van der Waals surface area (Å²) >= 11 is 1.88. The minimum atomic E-state index is -0.610. The van der Waals surface area contributed by atoms with Gasteiger partial charge in [-0.3, -0.25) is 4.79 Å². The summed E-state index contributed by atoms with van der Waals surface area (Å²) in [6, 6.07) is 0. The molecule has 3 nitrogen and oxygen atoms in total. The molecule has 1 aliphatic heterocycles. The maximum atomic E-state index is 10.8. The number of hydrogen-bond donors (Lipinski definition) is 1. The van der Waals surface area contributed by atoms with Gasteiger partial charge in [-0.05, 0) is 25.7 Å². The molecular weight excluding hydrogens is 200 g/mol. The molecule has 0 aromatic heterocycles. The van der Waals surface area contributed by atoms with E-state index in [0.717, 1.165) is 38.9 Å². The lowest BCUT2D eigenvalue weighted by Crippen LogP contribution is -2.37. The summed E-state index contributed by atoms with van der Waals surface area (Å²) in [4.78, 5) is 10.8. The monoisotopic (exact) mass is 216 g/mol. The van der Waals surface area contributed by atoms with Crippen molar-refractivity contribution in [1.29, 1.82) is 0 Å². The van der Waals surface area contributed by atoms with Crippen LogP contribution in [0.4, 0.5) is 0 Å². The molecule has 1 saturated carbocycles. The van der Waals surface area contributed by atoms with E-state index < -0.39 is 5.97 Å². The first kappa shape index (κ1) is 10.3. The van der Waals surface area contributed by atoms with Crippen molar-refractivity contribution in [3.8, 4) is 0 Å². The van der Waals surface area contributed by atoms with Gasteiger partial charge in [0, 0.05) is 23.7 Å². The summed E-state index contributed by atoms with van der Waals surface area (Å²) in [5, 5.41) is 9.90. The van der Waals surface area contributed by atoms with Crippen LogP contribution in [0.5, 0.6) is 0 Å². The zero-order chi connectivity index (χ0) is 9.97. The van der Waals surface area contributed by atoms with E-state index in [9.17, 15) is 4.79 Å². The Morgan fingerprint density at radius 2 is 1.93 bits per heavy atom. The van der Waals surface area contributed by atoms with E-state index in [-0.39, 0.29) is 5.92 Å². The largest absolute Gasteiger partial charge is 0.481 e. The Hall–Kier alpha value is -0.220. The fraction of sp³-hybridized carbons (Fsp3) is 0.900. The van der Waals surface area contributed by atoms with Crippen LogP contribution < -0.4 is 0 Å². The molecule has 0 bridgehead atoms. The number of carboxylic acids is 1. The summed E-state index contributed by atoms with van der Waals surface area (Å²) in [7, 11) is 0. The maximum absolute atomic E-state index is 10.8. The topological polar surface area (TPSA) is 46.5 Å². The molecule has 0 aromatic rings. The van der Waals surface area contributed by atoms with Crippen molar-refractivity contribution in [3.63, 3.8) is 0 Å². The average Bonchev–Trinajstić information content (AvgIpc) is 2.13. The van der Waals surface area contributed by atoms with E-state index >= 15 is 0 Å². The van der Waals surface area contributed by atoms with Gasteiger partial charge in [0.1, 0.15) is 0 Å². The van der Waals surface area contributed by atoms with Gasteiger partial charge in [0.25, 0.3) is 0 Å². The number of hydrogen-bond acceptors (Lipinski definition) is 3. The fourth-order valence-electron chi connectivity index (χ4n) is 1.97. The molecule has 2 aliphatic rings. The molecule has 0 amide bonds. The summed E-state index contributed by atoms with van der Waals surface area (Å²) < 4.78 is 5.28. The summed E-state index contributed by atoms with van der Waals surface area (Å²) in [5.41, 5.74) is 0. The van der Waals surface area contributed by atoms with E-state index in [1.807, 2.05) is 11.8 Å². The molecule has 80 valence electrons. The van der Waals surface area contributed by atoms with Crippen molar-refractivity contribution in [2.24, 2.45) is 5.92 Å². The predicted molar refractivity (Wildman–Crippen MR) is 55.6 cm³/mol. The maximum Gasteiger partial charge on any atom is 0.307 e. The third kappa shape index (κ3) is 2.23. The number of rotatable bonds is 3. The van der Waals surface area contributed by atoms with Crippen molar-refractivity contribution in [2.75, 3.05) is 13.2 Å². The Balaban J connectivity index is 1.76. The average molecular weight is 216 g/mol. The molecule has 2 atom stereocenters. The normalized spacial score (nSPS) is 33.7. The van der Waals surface area contributed by atoms with E-state index in [2.05, 4.69) is 0 Å². The minimum absolute atomic E-state index is 0.0807. The number of aliphatic carboxylic acids is 1. The second kappa shape index (κ2) is 4.53. The molecule has 1 N–H and O–H groups in total. The van der Waals surface area contributed by atoms with Crippen LogP contribution in [0.1, 0.15) is 25.7 Å². The first-order valence-corrected chi connectivity index (χ1v) is 6.17. The molecule has 0 radical (unpaired) electrons. The number of carboxylic acid groups (broad SMARTS) is 1. The minimum Gasteiger partial charge on any atom is -0.481 e. The molecule has 2 fully saturated rings. The van der Waals surface area contributed by atoms with Crippen molar-refractivity contribution < 1.29 is 14.6 Å². The van der Waals surface area contributed by atoms with Crippen LogP contribution in [0, 0.1) is 5.92 Å². The highest BCUT2D eigenvalue weighted by molar-refractivity contribution is 8.00. The molecule has 2 unspecified atom stereocenters. The van der Waals surface area contributed by atoms with Gasteiger partial charge in [-0.25, -0.2) is 0 Å². The molecular formula is C10H16O3S. The predicted octanol–water partition coefficient (Wildman–Crippen LogP) is 1.76. The van der Waals surface area contributed by atoms with Crippen molar-refractivity contribution in [3.05, 3.63) is 0 Å². The third-order valence-corrected chi connectivity index (χ3v) is 4.83. The fourth-order valence-corrected chi connectivity index (χ4v) is 3.65. The van der Waals surface area contributed by atoms with Crippen molar-refractivity contribution in [1.82, 2.24) is 0 Å². The molecule has 1 aliphatic carbocycles. The molecule has 14 heavy (non-hydrogen) atoms. The Morgan fingerprint density at radius 3 is 2.43 bits per heavy atom. The molecule has 0 aromatic carbocycles. The highest BCUT2D eigenvalue weighted by Crippen LogP contribution is 2.41. The van der Waals surface area contributed by atoms with Gasteiger partial charge in [-0.15, -0.1) is 0 Å². The second-order valence-electron chi connectivity index (χ2n) is 4.01. The highest BCUT2D eigenvalue weighted by Gasteiger charge is 2.38. The van der Waals surface area contributed by atoms with E-state index in [0.29, 0.717) is 10.5 Å². The highest BCUT2D eigenvalue weighted by atomic mass is 32.2. The Bertz CT molecular complexity index is 213. The van der Waals surface area contributed by atoms with Crippen LogP contribution in [0.2, 0.25) is 0 Å². The summed E-state index contributed by atoms with van der Waals surface area (Å²) in [6.45, 7) is 1.70. The lowest BCUT2D eigenvalue weighted by Gasteiger charge is -2.36. The standard InChI is InChI=1S/C10H16O3S/c11-10(12)8-1-2-9(8)14-7-3-5-13-6-4-7/h7-9H,1-6H2,(H,11,12). The number of ether oxygens (including phenoxy) is 1. The quantitative estimate of drug-likeness (QED) is 0.781. The Kier molecular flexibility index (Phi) is 3.34. The third-order valence-electron chi connectivity index (χ3n) is 3.06. The van der Waals surface area contributed by atoms with Crippen LogP contribution in [0.25, 0.3) is 0 Å². The summed E-state index contributed by atoms with van der Waals surface area (Å²) in [6.07, 6.45) is 4.14. The van der Waals surface area contributed by atoms with Gasteiger partial charge in [0.15, 0.2) is 0 Å². The van der Waals surface area contributed by atoms with E-state index in [1.165, 1.54) is 0 Å².